The number of rotatable bonds is 4. The molecule has 1 aromatic carbocycles. The minimum atomic E-state index is -0.453. The summed E-state index contributed by atoms with van der Waals surface area (Å²) in [4.78, 5) is 18.2. The highest BCUT2D eigenvalue weighted by atomic mass is 16.6. The van der Waals surface area contributed by atoms with Crippen molar-refractivity contribution in [1.82, 2.24) is 9.97 Å². The molecular weight excluding hydrogens is 250 g/mol. The van der Waals surface area contributed by atoms with Crippen molar-refractivity contribution < 1.29 is 14.4 Å². The van der Waals surface area contributed by atoms with E-state index in [0.717, 1.165) is 5.56 Å². The zero-order valence-corrected chi connectivity index (χ0v) is 10.4. The molecule has 2 rings (SSSR count). The molecule has 0 saturated carbocycles. The molecule has 1 heterocycles. The van der Waals surface area contributed by atoms with Crippen molar-refractivity contribution in [2.75, 3.05) is 14.2 Å². The van der Waals surface area contributed by atoms with E-state index in [2.05, 4.69) is 9.97 Å². The van der Waals surface area contributed by atoms with Crippen LogP contribution in [0, 0.1) is 10.1 Å². The Labute approximate surface area is 109 Å². The summed E-state index contributed by atoms with van der Waals surface area (Å²) in [6.45, 7) is 0. The molecule has 0 atom stereocenters. The largest absolute Gasteiger partial charge is 0.480 e. The number of ether oxygens (including phenoxy) is 2. The highest BCUT2D eigenvalue weighted by Crippen LogP contribution is 2.29. The third-order valence-corrected chi connectivity index (χ3v) is 2.50. The Morgan fingerprint density at radius 1 is 1.16 bits per heavy atom. The smallest absolute Gasteiger partial charge is 0.319 e. The van der Waals surface area contributed by atoms with Gasteiger partial charge in [0.05, 0.1) is 24.7 Å². The Morgan fingerprint density at radius 2 is 1.84 bits per heavy atom. The van der Waals surface area contributed by atoms with Crippen LogP contribution < -0.4 is 9.47 Å². The SMILES string of the molecule is COc1ncc(-c2ccc([N+](=O)[O-])cc2)c(OC)n1. The first kappa shape index (κ1) is 12.7. The highest BCUT2D eigenvalue weighted by Gasteiger charge is 2.12. The number of hydrogen-bond acceptors (Lipinski definition) is 6. The van der Waals surface area contributed by atoms with E-state index in [4.69, 9.17) is 9.47 Å². The molecule has 7 nitrogen and oxygen atoms in total. The van der Waals surface area contributed by atoms with Gasteiger partial charge in [-0.1, -0.05) is 0 Å². The van der Waals surface area contributed by atoms with Crippen molar-refractivity contribution in [2.24, 2.45) is 0 Å². The maximum atomic E-state index is 10.6. The number of benzene rings is 1. The van der Waals surface area contributed by atoms with E-state index in [9.17, 15) is 10.1 Å². The van der Waals surface area contributed by atoms with Crippen molar-refractivity contribution in [3.05, 3.63) is 40.6 Å². The minimum absolute atomic E-state index is 0.0251. The van der Waals surface area contributed by atoms with E-state index in [-0.39, 0.29) is 11.7 Å². The van der Waals surface area contributed by atoms with E-state index >= 15 is 0 Å². The molecule has 98 valence electrons. The summed E-state index contributed by atoms with van der Waals surface area (Å²) in [7, 11) is 2.94. The van der Waals surface area contributed by atoms with E-state index in [1.165, 1.54) is 26.4 Å². The molecule has 1 aromatic heterocycles. The van der Waals surface area contributed by atoms with E-state index < -0.39 is 4.92 Å². The molecular formula is C12H11N3O4. The molecule has 7 heteroatoms. The standard InChI is InChI=1S/C12H11N3O4/c1-18-11-10(7-13-12(14-11)19-2)8-3-5-9(6-4-8)15(16)17/h3-7H,1-2H3. The number of nitrogens with zero attached hydrogens (tertiary/aromatic N) is 3. The van der Waals surface area contributed by atoms with Crippen LogP contribution in [0.3, 0.4) is 0 Å². The molecule has 0 radical (unpaired) electrons. The quantitative estimate of drug-likeness (QED) is 0.618. The Morgan fingerprint density at radius 3 is 2.37 bits per heavy atom. The summed E-state index contributed by atoms with van der Waals surface area (Å²) in [6.07, 6.45) is 1.55. The van der Waals surface area contributed by atoms with Crippen LogP contribution in [0.1, 0.15) is 0 Å². The lowest BCUT2D eigenvalue weighted by Crippen LogP contribution is -1.97. The number of nitro benzene ring substituents is 1. The summed E-state index contributed by atoms with van der Waals surface area (Å²) in [5, 5.41) is 10.6. The summed E-state index contributed by atoms with van der Waals surface area (Å²) in [5.41, 5.74) is 1.39. The first-order valence-corrected chi connectivity index (χ1v) is 5.35. The van der Waals surface area contributed by atoms with E-state index in [1.54, 1.807) is 18.3 Å². The molecule has 0 aliphatic heterocycles. The fourth-order valence-corrected chi connectivity index (χ4v) is 1.57. The molecule has 0 aliphatic rings. The van der Waals surface area contributed by atoms with Gasteiger partial charge in [0.25, 0.3) is 5.69 Å². The lowest BCUT2D eigenvalue weighted by Gasteiger charge is -2.08. The van der Waals surface area contributed by atoms with Gasteiger partial charge in [0.15, 0.2) is 0 Å². The van der Waals surface area contributed by atoms with Gasteiger partial charge in [-0.3, -0.25) is 10.1 Å². The molecule has 19 heavy (non-hydrogen) atoms. The summed E-state index contributed by atoms with van der Waals surface area (Å²) >= 11 is 0. The first-order chi connectivity index (χ1) is 9.15. The third-order valence-electron chi connectivity index (χ3n) is 2.50. The fourth-order valence-electron chi connectivity index (χ4n) is 1.57. The predicted molar refractivity (Wildman–Crippen MR) is 67.2 cm³/mol. The van der Waals surface area contributed by atoms with Crippen molar-refractivity contribution >= 4 is 5.69 Å². The van der Waals surface area contributed by atoms with Crippen LogP contribution in [0.5, 0.6) is 11.9 Å². The summed E-state index contributed by atoms with van der Waals surface area (Å²) < 4.78 is 10.1. The second-order valence-corrected chi connectivity index (χ2v) is 3.58. The Kier molecular flexibility index (Phi) is 3.56. The van der Waals surface area contributed by atoms with Gasteiger partial charge < -0.3 is 9.47 Å². The van der Waals surface area contributed by atoms with Crippen molar-refractivity contribution in [3.8, 4) is 23.0 Å². The Hall–Kier alpha value is -2.70. The van der Waals surface area contributed by atoms with Gasteiger partial charge in [-0.05, 0) is 17.7 Å². The minimum Gasteiger partial charge on any atom is -0.480 e. The average Bonchev–Trinajstić information content (AvgIpc) is 2.46. The zero-order chi connectivity index (χ0) is 13.8. The van der Waals surface area contributed by atoms with Crippen LogP contribution in [0.15, 0.2) is 30.5 Å². The zero-order valence-electron chi connectivity index (χ0n) is 10.4. The number of aromatic nitrogens is 2. The van der Waals surface area contributed by atoms with Crippen LogP contribution in [-0.4, -0.2) is 29.1 Å². The van der Waals surface area contributed by atoms with Crippen molar-refractivity contribution in [2.45, 2.75) is 0 Å². The number of hydrogen-bond donors (Lipinski definition) is 0. The second kappa shape index (κ2) is 5.30. The molecule has 0 unspecified atom stereocenters. The molecule has 0 amide bonds. The Bertz CT molecular complexity index is 598. The predicted octanol–water partition coefficient (Wildman–Crippen LogP) is 2.07. The molecule has 0 saturated heterocycles. The normalized spacial score (nSPS) is 10.0. The highest BCUT2D eigenvalue weighted by molar-refractivity contribution is 5.68. The van der Waals surface area contributed by atoms with E-state index in [1.807, 2.05) is 0 Å². The number of nitro groups is 1. The van der Waals surface area contributed by atoms with Gasteiger partial charge >= 0.3 is 6.01 Å². The maximum Gasteiger partial charge on any atom is 0.319 e. The fraction of sp³-hybridized carbons (Fsp3) is 0.167. The van der Waals surface area contributed by atoms with Gasteiger partial charge in [0.1, 0.15) is 0 Å². The lowest BCUT2D eigenvalue weighted by atomic mass is 10.1. The summed E-state index contributed by atoms with van der Waals surface area (Å²) in [6, 6.07) is 6.26. The summed E-state index contributed by atoms with van der Waals surface area (Å²) in [5.74, 6) is 0.348. The topological polar surface area (TPSA) is 87.4 Å². The van der Waals surface area contributed by atoms with Gasteiger partial charge in [-0.2, -0.15) is 4.98 Å². The van der Waals surface area contributed by atoms with Crippen LogP contribution in [-0.2, 0) is 0 Å². The monoisotopic (exact) mass is 261 g/mol. The Balaban J connectivity index is 2.43. The lowest BCUT2D eigenvalue weighted by molar-refractivity contribution is -0.384. The maximum absolute atomic E-state index is 10.6. The van der Waals surface area contributed by atoms with Crippen molar-refractivity contribution in [1.29, 1.82) is 0 Å². The van der Waals surface area contributed by atoms with Crippen LogP contribution >= 0.6 is 0 Å². The average molecular weight is 261 g/mol. The third kappa shape index (κ3) is 2.59. The van der Waals surface area contributed by atoms with E-state index in [0.29, 0.717) is 11.4 Å². The second-order valence-electron chi connectivity index (χ2n) is 3.58. The van der Waals surface area contributed by atoms with Crippen LogP contribution in [0.4, 0.5) is 5.69 Å². The first-order valence-electron chi connectivity index (χ1n) is 5.35. The molecule has 0 spiro atoms. The van der Waals surface area contributed by atoms with Gasteiger partial charge in [0, 0.05) is 18.3 Å². The van der Waals surface area contributed by atoms with Crippen molar-refractivity contribution in [3.63, 3.8) is 0 Å². The molecule has 0 N–H and O–H groups in total. The van der Waals surface area contributed by atoms with Gasteiger partial charge in [0.2, 0.25) is 5.88 Å². The van der Waals surface area contributed by atoms with Crippen LogP contribution in [0.25, 0.3) is 11.1 Å². The molecule has 2 aromatic rings. The van der Waals surface area contributed by atoms with Gasteiger partial charge in [-0.15, -0.1) is 0 Å². The number of non-ortho nitro benzene ring substituents is 1. The number of methoxy groups -OCH3 is 2. The molecule has 0 fully saturated rings. The van der Waals surface area contributed by atoms with Gasteiger partial charge in [-0.25, -0.2) is 4.98 Å². The molecule has 0 aliphatic carbocycles. The van der Waals surface area contributed by atoms with Crippen LogP contribution in [0.2, 0.25) is 0 Å². The molecule has 0 bridgehead atoms.